The fourth-order valence-electron chi connectivity index (χ4n) is 1.61. The number of amides is 1. The zero-order valence-electron chi connectivity index (χ0n) is 11.9. The molecule has 0 aromatic heterocycles. The Morgan fingerprint density at radius 1 is 1.32 bits per heavy atom. The van der Waals surface area contributed by atoms with Gasteiger partial charge in [0.05, 0.1) is 12.2 Å². The smallest absolute Gasteiger partial charge is 0.327 e. The summed E-state index contributed by atoms with van der Waals surface area (Å²) in [4.78, 5) is 23.1. The number of carboxylic acids is 1. The number of ether oxygens (including phenoxy) is 1. The molecule has 1 aromatic rings. The zero-order chi connectivity index (χ0) is 16.8. The van der Waals surface area contributed by atoms with Crippen LogP contribution in [0.25, 0.3) is 0 Å². The number of benzene rings is 1. The van der Waals surface area contributed by atoms with Crippen molar-refractivity contribution < 1.29 is 32.4 Å². The summed E-state index contributed by atoms with van der Waals surface area (Å²) in [5.74, 6) is -3.23. The predicted octanol–water partition coefficient (Wildman–Crippen LogP) is 0.546. The predicted molar refractivity (Wildman–Crippen MR) is 77.5 cm³/mol. The summed E-state index contributed by atoms with van der Waals surface area (Å²) in [6, 6.07) is 4.42. The van der Waals surface area contributed by atoms with E-state index >= 15 is 0 Å². The van der Waals surface area contributed by atoms with Crippen molar-refractivity contribution in [3.05, 3.63) is 29.8 Å². The maximum atomic E-state index is 12.1. The van der Waals surface area contributed by atoms with Gasteiger partial charge < -0.3 is 15.2 Å². The summed E-state index contributed by atoms with van der Waals surface area (Å²) >= 11 is 0. The number of hydrogen-bond donors (Lipinski definition) is 3. The lowest BCUT2D eigenvalue weighted by Crippen LogP contribution is -2.45. The van der Waals surface area contributed by atoms with Crippen molar-refractivity contribution in [3.8, 4) is 5.75 Å². The highest BCUT2D eigenvalue weighted by Crippen LogP contribution is 2.18. The van der Waals surface area contributed by atoms with Crippen molar-refractivity contribution in [2.45, 2.75) is 19.4 Å². The molecule has 0 saturated carbocycles. The molecular formula is C13H17NO7S. The number of carbonyl (C=O) groups excluding carboxylic acids is 1. The molecule has 0 fully saturated rings. The van der Waals surface area contributed by atoms with E-state index in [-0.39, 0.29) is 11.3 Å². The normalized spacial score (nSPS) is 12.5. The third kappa shape index (κ3) is 5.70. The van der Waals surface area contributed by atoms with Crippen molar-refractivity contribution >= 4 is 22.0 Å². The van der Waals surface area contributed by atoms with E-state index in [2.05, 4.69) is 0 Å². The van der Waals surface area contributed by atoms with Crippen LogP contribution in [-0.4, -0.2) is 48.4 Å². The van der Waals surface area contributed by atoms with Crippen molar-refractivity contribution in [2.75, 3.05) is 12.4 Å². The highest BCUT2D eigenvalue weighted by atomic mass is 32.2. The van der Waals surface area contributed by atoms with Gasteiger partial charge >= 0.3 is 5.97 Å². The third-order valence-electron chi connectivity index (χ3n) is 2.57. The number of para-hydroxylation sites is 1. The molecule has 0 saturated heterocycles. The molecule has 22 heavy (non-hydrogen) atoms. The number of hydrogen-bond acceptors (Lipinski definition) is 5. The number of nitrogens with one attached hydrogen (secondary N) is 1. The van der Waals surface area contributed by atoms with Crippen molar-refractivity contribution in [1.29, 1.82) is 0 Å². The van der Waals surface area contributed by atoms with E-state index in [0.717, 1.165) is 6.42 Å². The van der Waals surface area contributed by atoms with E-state index in [4.69, 9.17) is 14.4 Å². The molecule has 0 aliphatic heterocycles. The second-order valence-electron chi connectivity index (χ2n) is 4.46. The van der Waals surface area contributed by atoms with Crippen LogP contribution < -0.4 is 10.1 Å². The Morgan fingerprint density at radius 3 is 2.50 bits per heavy atom. The van der Waals surface area contributed by atoms with Crippen LogP contribution in [0.4, 0.5) is 0 Å². The van der Waals surface area contributed by atoms with E-state index in [1.54, 1.807) is 18.2 Å². The molecule has 9 heteroatoms. The molecule has 0 radical (unpaired) electrons. The molecule has 0 aliphatic carbocycles. The van der Waals surface area contributed by atoms with Crippen LogP contribution in [0.3, 0.4) is 0 Å². The average Bonchev–Trinajstić information content (AvgIpc) is 2.43. The minimum Gasteiger partial charge on any atom is -0.493 e. The van der Waals surface area contributed by atoms with Gasteiger partial charge in [0.1, 0.15) is 17.5 Å². The Kier molecular flexibility index (Phi) is 6.32. The molecule has 0 unspecified atom stereocenters. The molecule has 0 bridgehead atoms. The average molecular weight is 331 g/mol. The lowest BCUT2D eigenvalue weighted by Gasteiger charge is -2.15. The van der Waals surface area contributed by atoms with Crippen LogP contribution in [0, 0.1) is 0 Å². The van der Waals surface area contributed by atoms with Gasteiger partial charge in [-0.25, -0.2) is 4.79 Å². The van der Waals surface area contributed by atoms with Crippen LogP contribution in [0.1, 0.15) is 23.7 Å². The van der Waals surface area contributed by atoms with Crippen LogP contribution >= 0.6 is 0 Å². The van der Waals surface area contributed by atoms with Gasteiger partial charge in [0.2, 0.25) is 0 Å². The summed E-state index contributed by atoms with van der Waals surface area (Å²) in [7, 11) is -4.55. The SMILES string of the molecule is CCCOc1ccccc1C(=O)N[C@@H](CS(=O)(=O)O)C(=O)O. The van der Waals surface area contributed by atoms with Gasteiger partial charge in [-0.3, -0.25) is 9.35 Å². The van der Waals surface area contributed by atoms with Crippen molar-refractivity contribution in [3.63, 3.8) is 0 Å². The molecule has 3 N–H and O–H groups in total. The van der Waals surface area contributed by atoms with E-state index in [1.165, 1.54) is 6.07 Å². The maximum absolute atomic E-state index is 12.1. The zero-order valence-corrected chi connectivity index (χ0v) is 12.7. The second-order valence-corrected chi connectivity index (χ2v) is 5.95. The first-order valence-corrected chi connectivity index (χ1v) is 8.06. The van der Waals surface area contributed by atoms with Gasteiger partial charge in [-0.05, 0) is 18.6 Å². The quantitative estimate of drug-likeness (QED) is 0.593. The van der Waals surface area contributed by atoms with Crippen molar-refractivity contribution in [1.82, 2.24) is 5.32 Å². The maximum Gasteiger partial charge on any atom is 0.327 e. The van der Waals surface area contributed by atoms with Crippen LogP contribution in [0.2, 0.25) is 0 Å². The Morgan fingerprint density at radius 2 is 1.95 bits per heavy atom. The van der Waals surface area contributed by atoms with Gasteiger partial charge in [0, 0.05) is 0 Å². The lowest BCUT2D eigenvalue weighted by atomic mass is 10.1. The standard InChI is InChI=1S/C13H17NO7S/c1-2-7-21-11-6-4-3-5-9(11)12(15)14-10(13(16)17)8-22(18,19)20/h3-6,10H,2,7-8H2,1H3,(H,14,15)(H,16,17)(H,18,19,20)/t10-/m0/s1. The molecule has 8 nitrogen and oxygen atoms in total. The molecule has 1 rings (SSSR count). The van der Waals surface area contributed by atoms with Gasteiger partial charge in [-0.2, -0.15) is 8.42 Å². The Labute approximate surface area is 127 Å². The molecular weight excluding hydrogens is 314 g/mol. The van der Waals surface area contributed by atoms with Crippen molar-refractivity contribution in [2.24, 2.45) is 0 Å². The fourth-order valence-corrected chi connectivity index (χ4v) is 2.26. The monoisotopic (exact) mass is 331 g/mol. The number of carboxylic acid groups (broad SMARTS) is 1. The van der Waals surface area contributed by atoms with Crippen LogP contribution in [0.5, 0.6) is 5.75 Å². The number of aliphatic carboxylic acids is 1. The Balaban J connectivity index is 2.93. The molecule has 0 heterocycles. The van der Waals surface area contributed by atoms with Gasteiger partial charge in [-0.1, -0.05) is 19.1 Å². The van der Waals surface area contributed by atoms with Crippen LogP contribution in [0.15, 0.2) is 24.3 Å². The molecule has 0 spiro atoms. The second kappa shape index (κ2) is 7.76. The third-order valence-corrected chi connectivity index (χ3v) is 3.33. The highest BCUT2D eigenvalue weighted by molar-refractivity contribution is 7.85. The number of carbonyl (C=O) groups is 2. The summed E-state index contributed by atoms with van der Waals surface area (Å²) in [5, 5.41) is 11.0. The summed E-state index contributed by atoms with van der Waals surface area (Å²) in [6.45, 7) is 2.26. The molecule has 0 aliphatic rings. The largest absolute Gasteiger partial charge is 0.493 e. The van der Waals surface area contributed by atoms with Gasteiger partial charge in [0.15, 0.2) is 0 Å². The summed E-state index contributed by atoms with van der Waals surface area (Å²) in [6.07, 6.45) is 0.719. The van der Waals surface area contributed by atoms with Crippen LogP contribution in [-0.2, 0) is 14.9 Å². The first-order chi connectivity index (χ1) is 10.2. The first-order valence-electron chi connectivity index (χ1n) is 6.45. The summed E-state index contributed by atoms with van der Waals surface area (Å²) < 4.78 is 35.7. The first kappa shape index (κ1) is 17.9. The minimum absolute atomic E-state index is 0.0811. The Hall–Kier alpha value is -2.13. The Bertz CT molecular complexity index is 642. The lowest BCUT2D eigenvalue weighted by molar-refractivity contribution is -0.138. The van der Waals surface area contributed by atoms with E-state index < -0.39 is 33.8 Å². The summed E-state index contributed by atoms with van der Waals surface area (Å²) in [5.41, 5.74) is 0.0811. The molecule has 1 aromatic carbocycles. The fraction of sp³-hybridized carbons (Fsp3) is 0.385. The van der Waals surface area contributed by atoms with E-state index in [0.29, 0.717) is 6.61 Å². The van der Waals surface area contributed by atoms with Gasteiger partial charge in [-0.15, -0.1) is 0 Å². The van der Waals surface area contributed by atoms with E-state index in [9.17, 15) is 18.0 Å². The molecule has 122 valence electrons. The van der Waals surface area contributed by atoms with E-state index in [1.807, 2.05) is 12.2 Å². The minimum atomic E-state index is -4.55. The molecule has 1 atom stereocenters. The number of rotatable bonds is 8. The highest BCUT2D eigenvalue weighted by Gasteiger charge is 2.27. The molecule has 1 amide bonds. The van der Waals surface area contributed by atoms with Gasteiger partial charge in [0.25, 0.3) is 16.0 Å². The topological polar surface area (TPSA) is 130 Å².